The number of aryl methyl sites for hydroxylation is 2. The van der Waals surface area contributed by atoms with Gasteiger partial charge in [-0.15, -0.1) is 0 Å². The summed E-state index contributed by atoms with van der Waals surface area (Å²) in [7, 11) is -3.76. The zero-order chi connectivity index (χ0) is 18.7. The topological polar surface area (TPSA) is 88.9 Å². The molecule has 0 radical (unpaired) electrons. The van der Waals surface area contributed by atoms with Crippen molar-refractivity contribution in [1.82, 2.24) is 4.31 Å². The molecule has 0 bridgehead atoms. The molecule has 0 atom stereocenters. The van der Waals surface area contributed by atoms with Crippen LogP contribution in [-0.4, -0.2) is 44.9 Å². The zero-order valence-corrected chi connectivity index (χ0v) is 15.6. The molecule has 3 rings (SSSR count). The van der Waals surface area contributed by atoms with Crippen molar-refractivity contribution in [3.05, 3.63) is 47.2 Å². The van der Waals surface area contributed by atoms with Gasteiger partial charge in [-0.25, -0.2) is 8.42 Å². The Morgan fingerprint density at radius 2 is 1.92 bits per heavy atom. The van der Waals surface area contributed by atoms with Crippen molar-refractivity contribution in [2.45, 2.75) is 25.4 Å². The summed E-state index contributed by atoms with van der Waals surface area (Å²) < 4.78 is 37.0. The van der Waals surface area contributed by atoms with Gasteiger partial charge in [0, 0.05) is 18.8 Å². The van der Waals surface area contributed by atoms with Gasteiger partial charge >= 0.3 is 0 Å². The molecular weight excluding hydrogens is 356 g/mol. The van der Waals surface area contributed by atoms with Gasteiger partial charge in [0.05, 0.1) is 13.2 Å². The molecule has 1 N–H and O–H groups in total. The van der Waals surface area contributed by atoms with Crippen molar-refractivity contribution in [2.75, 3.05) is 31.6 Å². The lowest BCUT2D eigenvalue weighted by molar-refractivity contribution is 0.0723. The second kappa shape index (κ2) is 7.61. The van der Waals surface area contributed by atoms with Crippen molar-refractivity contribution in [3.8, 4) is 0 Å². The predicted molar refractivity (Wildman–Crippen MR) is 96.8 cm³/mol. The van der Waals surface area contributed by atoms with E-state index in [4.69, 9.17) is 9.15 Å². The highest BCUT2D eigenvalue weighted by Gasteiger charge is 2.30. The Morgan fingerprint density at radius 3 is 2.62 bits per heavy atom. The summed E-state index contributed by atoms with van der Waals surface area (Å²) in [6, 6.07) is 8.48. The van der Waals surface area contributed by atoms with Gasteiger partial charge in [-0.05, 0) is 36.6 Å². The van der Waals surface area contributed by atoms with Crippen LogP contribution >= 0.6 is 0 Å². The quantitative estimate of drug-likeness (QED) is 0.863. The number of hydrogen-bond acceptors (Lipinski definition) is 5. The monoisotopic (exact) mass is 378 g/mol. The first-order chi connectivity index (χ1) is 12.4. The van der Waals surface area contributed by atoms with Crippen molar-refractivity contribution in [2.24, 2.45) is 0 Å². The fraction of sp³-hybridized carbons (Fsp3) is 0.389. The molecule has 1 saturated heterocycles. The van der Waals surface area contributed by atoms with Crippen LogP contribution in [0.2, 0.25) is 0 Å². The summed E-state index contributed by atoms with van der Waals surface area (Å²) in [6.45, 7) is 5.15. The second-order valence-electron chi connectivity index (χ2n) is 6.05. The van der Waals surface area contributed by atoms with Gasteiger partial charge < -0.3 is 14.5 Å². The van der Waals surface area contributed by atoms with Crippen molar-refractivity contribution in [1.29, 1.82) is 0 Å². The molecule has 0 unspecified atom stereocenters. The third-order valence-electron chi connectivity index (χ3n) is 4.35. The lowest BCUT2D eigenvalue weighted by Crippen LogP contribution is -2.40. The minimum Gasteiger partial charge on any atom is -0.438 e. The van der Waals surface area contributed by atoms with Gasteiger partial charge in [-0.3, -0.25) is 4.79 Å². The Morgan fingerprint density at radius 1 is 1.19 bits per heavy atom. The summed E-state index contributed by atoms with van der Waals surface area (Å²) in [4.78, 5) is 12.5. The number of anilines is 1. The van der Waals surface area contributed by atoms with E-state index in [0.717, 1.165) is 23.2 Å². The maximum Gasteiger partial charge on any atom is 0.291 e. The number of morpholine rings is 1. The van der Waals surface area contributed by atoms with E-state index in [-0.39, 0.29) is 23.9 Å². The summed E-state index contributed by atoms with van der Waals surface area (Å²) in [5, 5.41) is 2.60. The van der Waals surface area contributed by atoms with Gasteiger partial charge in [0.25, 0.3) is 15.9 Å². The maximum absolute atomic E-state index is 12.6. The minimum atomic E-state index is -3.76. The normalized spacial score (nSPS) is 15.8. The highest BCUT2D eigenvalue weighted by atomic mass is 32.2. The average Bonchev–Trinajstić information content (AvgIpc) is 3.15. The molecule has 140 valence electrons. The van der Waals surface area contributed by atoms with Crippen molar-refractivity contribution < 1.29 is 22.4 Å². The van der Waals surface area contributed by atoms with Crippen molar-refractivity contribution >= 4 is 21.6 Å². The van der Waals surface area contributed by atoms with E-state index in [2.05, 4.69) is 5.32 Å². The number of nitrogens with zero attached hydrogens (tertiary/aromatic N) is 1. The number of carbonyl (C=O) groups excluding carboxylic acids is 1. The van der Waals surface area contributed by atoms with Gasteiger partial charge in [0.15, 0.2) is 5.76 Å². The number of sulfonamides is 1. The van der Waals surface area contributed by atoms with Crippen LogP contribution in [0.1, 0.15) is 28.6 Å². The Bertz CT molecular complexity index is 898. The molecule has 0 spiro atoms. The summed E-state index contributed by atoms with van der Waals surface area (Å²) in [5.41, 5.74) is 2.67. The van der Waals surface area contributed by atoms with Crippen LogP contribution in [0.4, 0.5) is 5.69 Å². The van der Waals surface area contributed by atoms with Crippen LogP contribution in [0.5, 0.6) is 0 Å². The molecule has 2 aromatic rings. The third kappa shape index (κ3) is 3.67. The Hall–Kier alpha value is -2.16. The third-order valence-corrected chi connectivity index (χ3v) is 6.12. The highest BCUT2D eigenvalue weighted by Crippen LogP contribution is 2.24. The molecule has 1 aliphatic rings. The predicted octanol–water partition coefficient (Wildman–Crippen LogP) is 2.42. The lowest BCUT2D eigenvalue weighted by Gasteiger charge is -2.24. The first kappa shape index (κ1) is 18.6. The van der Waals surface area contributed by atoms with Crippen LogP contribution in [0.3, 0.4) is 0 Å². The van der Waals surface area contributed by atoms with Crippen LogP contribution in [-0.2, 0) is 21.2 Å². The standard InChI is InChI=1S/C18H22N2O5S/c1-3-14-6-4-5-13(2)17(14)19-18(21)15-7-8-16(25-15)26(22,23)20-9-11-24-12-10-20/h4-8H,3,9-12H2,1-2H3,(H,19,21). The van der Waals surface area contributed by atoms with Gasteiger partial charge in [0.1, 0.15) is 0 Å². The molecule has 2 heterocycles. The van der Waals surface area contributed by atoms with E-state index >= 15 is 0 Å². The highest BCUT2D eigenvalue weighted by molar-refractivity contribution is 7.89. The Kier molecular flexibility index (Phi) is 5.45. The number of rotatable bonds is 5. The van der Waals surface area contributed by atoms with E-state index in [9.17, 15) is 13.2 Å². The fourth-order valence-electron chi connectivity index (χ4n) is 2.87. The number of amides is 1. The number of furan rings is 1. The first-order valence-corrected chi connectivity index (χ1v) is 9.95. The minimum absolute atomic E-state index is 0.0397. The maximum atomic E-state index is 12.6. The van der Waals surface area contributed by atoms with Crippen LogP contribution in [0, 0.1) is 6.92 Å². The van der Waals surface area contributed by atoms with E-state index in [0.29, 0.717) is 13.2 Å². The summed E-state index contributed by atoms with van der Waals surface area (Å²) >= 11 is 0. The van der Waals surface area contributed by atoms with Crippen LogP contribution < -0.4 is 5.32 Å². The Balaban J connectivity index is 1.81. The number of para-hydroxylation sites is 1. The summed E-state index contributed by atoms with van der Waals surface area (Å²) in [5.74, 6) is -0.514. The number of nitrogens with one attached hydrogen (secondary N) is 1. The zero-order valence-electron chi connectivity index (χ0n) is 14.8. The van der Waals surface area contributed by atoms with E-state index < -0.39 is 15.9 Å². The van der Waals surface area contributed by atoms with Gasteiger partial charge in [-0.2, -0.15) is 4.31 Å². The molecule has 7 nitrogen and oxygen atoms in total. The SMILES string of the molecule is CCc1cccc(C)c1NC(=O)c1ccc(S(=O)(=O)N2CCOCC2)o1. The fourth-order valence-corrected chi connectivity index (χ4v) is 4.19. The van der Waals surface area contributed by atoms with Crippen molar-refractivity contribution in [3.63, 3.8) is 0 Å². The Labute approximate surface area is 153 Å². The smallest absolute Gasteiger partial charge is 0.291 e. The van der Waals surface area contributed by atoms with Crippen LogP contribution in [0.25, 0.3) is 0 Å². The molecular formula is C18H22N2O5S. The molecule has 26 heavy (non-hydrogen) atoms. The van der Waals surface area contributed by atoms with Gasteiger partial charge in [-0.1, -0.05) is 25.1 Å². The van der Waals surface area contributed by atoms with Gasteiger partial charge in [0.2, 0.25) is 5.09 Å². The summed E-state index contributed by atoms with van der Waals surface area (Å²) in [6.07, 6.45) is 0.770. The average molecular weight is 378 g/mol. The number of ether oxygens (including phenoxy) is 1. The largest absolute Gasteiger partial charge is 0.438 e. The first-order valence-electron chi connectivity index (χ1n) is 8.51. The molecule has 1 aromatic carbocycles. The molecule has 1 aromatic heterocycles. The molecule has 8 heteroatoms. The number of hydrogen-bond donors (Lipinski definition) is 1. The molecule has 1 fully saturated rings. The van der Waals surface area contributed by atoms with Crippen LogP contribution in [0.15, 0.2) is 39.8 Å². The molecule has 1 aliphatic heterocycles. The second-order valence-corrected chi connectivity index (χ2v) is 7.92. The molecule has 0 saturated carbocycles. The number of benzene rings is 1. The molecule has 1 amide bonds. The van der Waals surface area contributed by atoms with E-state index in [1.165, 1.54) is 16.4 Å². The van der Waals surface area contributed by atoms with E-state index in [1.807, 2.05) is 32.0 Å². The molecule has 0 aliphatic carbocycles. The number of carbonyl (C=O) groups is 1. The lowest BCUT2D eigenvalue weighted by atomic mass is 10.1. The van der Waals surface area contributed by atoms with E-state index in [1.54, 1.807) is 0 Å².